The van der Waals surface area contributed by atoms with Crippen molar-refractivity contribution in [1.29, 1.82) is 0 Å². The standard InChI is InChI=1S/C51H32N2O2/c1-3-15-33(16-4-1)39-21-11-13-25-45(39)53(46-31-36-19-7-8-20-38(36)40-22-9-10-23-41(40)46)37-29-27-34(28-30-37)48-49-43(42-24-12-14-26-47(42)54-49)32-44-50(48)55-51(52-44)35-17-5-2-6-18-35/h1-32H. The Balaban J connectivity index is 1.15. The summed E-state index contributed by atoms with van der Waals surface area (Å²) < 4.78 is 13.3. The van der Waals surface area contributed by atoms with E-state index in [1.165, 1.54) is 21.5 Å². The number of hydrogen-bond acceptors (Lipinski definition) is 4. The van der Waals surface area contributed by atoms with Gasteiger partial charge in [0.05, 0.1) is 16.9 Å². The molecule has 11 rings (SSSR count). The van der Waals surface area contributed by atoms with E-state index in [9.17, 15) is 0 Å². The highest BCUT2D eigenvalue weighted by atomic mass is 16.4. The van der Waals surface area contributed by atoms with Crippen molar-refractivity contribution >= 4 is 71.6 Å². The Morgan fingerprint density at radius 3 is 1.84 bits per heavy atom. The van der Waals surface area contributed by atoms with Gasteiger partial charge in [-0.15, -0.1) is 0 Å². The van der Waals surface area contributed by atoms with E-state index < -0.39 is 0 Å². The molecule has 9 aromatic carbocycles. The van der Waals surface area contributed by atoms with Crippen molar-refractivity contribution in [3.8, 4) is 33.7 Å². The molecule has 0 fully saturated rings. The monoisotopic (exact) mass is 704 g/mol. The Hall–Kier alpha value is -7.43. The van der Waals surface area contributed by atoms with Crippen LogP contribution in [-0.2, 0) is 0 Å². The van der Waals surface area contributed by atoms with Crippen molar-refractivity contribution in [2.45, 2.75) is 0 Å². The van der Waals surface area contributed by atoms with Crippen LogP contribution in [0.25, 0.3) is 88.3 Å². The summed E-state index contributed by atoms with van der Waals surface area (Å²) in [6.07, 6.45) is 0. The SMILES string of the molecule is c1ccc(-c2nc3cc4c(oc5ccccc54)c(-c4ccc(N(c5ccccc5-c5ccccc5)c5cc6ccccc6c6ccccc56)cc4)c3o2)cc1. The summed E-state index contributed by atoms with van der Waals surface area (Å²) in [6.45, 7) is 0. The molecule has 0 aliphatic rings. The number of benzene rings is 9. The molecule has 0 unspecified atom stereocenters. The number of furan rings is 1. The fourth-order valence-corrected chi connectivity index (χ4v) is 8.14. The van der Waals surface area contributed by atoms with Crippen LogP contribution < -0.4 is 4.90 Å². The zero-order chi connectivity index (χ0) is 36.3. The van der Waals surface area contributed by atoms with E-state index in [1.54, 1.807) is 0 Å². The summed E-state index contributed by atoms with van der Waals surface area (Å²) in [5, 5.41) is 6.88. The molecule has 0 aliphatic carbocycles. The second-order valence-corrected chi connectivity index (χ2v) is 13.9. The summed E-state index contributed by atoms with van der Waals surface area (Å²) in [5.41, 5.74) is 11.4. The largest absolute Gasteiger partial charge is 0.455 e. The third-order valence-corrected chi connectivity index (χ3v) is 10.7. The lowest BCUT2D eigenvalue weighted by atomic mass is 9.97. The van der Waals surface area contributed by atoms with Crippen LogP contribution >= 0.6 is 0 Å². The average molecular weight is 705 g/mol. The number of fused-ring (bicyclic) bond motifs is 7. The van der Waals surface area contributed by atoms with Gasteiger partial charge in [-0.3, -0.25) is 0 Å². The molecule has 0 N–H and O–H groups in total. The van der Waals surface area contributed by atoms with E-state index in [0.717, 1.165) is 72.3 Å². The quantitative estimate of drug-likeness (QED) is 0.162. The van der Waals surface area contributed by atoms with Gasteiger partial charge in [0.1, 0.15) is 16.7 Å². The Morgan fingerprint density at radius 1 is 0.400 bits per heavy atom. The topological polar surface area (TPSA) is 42.4 Å². The molecular weight excluding hydrogens is 673 g/mol. The molecule has 0 saturated heterocycles. The van der Waals surface area contributed by atoms with E-state index >= 15 is 0 Å². The molecule has 0 saturated carbocycles. The van der Waals surface area contributed by atoms with Crippen LogP contribution in [0.3, 0.4) is 0 Å². The molecule has 0 atom stereocenters. The van der Waals surface area contributed by atoms with Crippen molar-refractivity contribution in [2.75, 3.05) is 4.90 Å². The minimum Gasteiger partial charge on any atom is -0.455 e. The van der Waals surface area contributed by atoms with E-state index in [2.05, 4.69) is 150 Å². The van der Waals surface area contributed by atoms with Gasteiger partial charge in [-0.05, 0) is 75.8 Å². The zero-order valence-electron chi connectivity index (χ0n) is 29.7. The second kappa shape index (κ2) is 12.6. The number of para-hydroxylation sites is 2. The maximum absolute atomic E-state index is 6.63. The molecule has 2 aromatic heterocycles. The predicted molar refractivity (Wildman–Crippen MR) is 227 cm³/mol. The van der Waals surface area contributed by atoms with Gasteiger partial charge < -0.3 is 13.7 Å². The third-order valence-electron chi connectivity index (χ3n) is 10.7. The van der Waals surface area contributed by atoms with Crippen LogP contribution in [0.5, 0.6) is 0 Å². The minimum atomic E-state index is 0.581. The molecule has 4 nitrogen and oxygen atoms in total. The highest BCUT2D eigenvalue weighted by Gasteiger charge is 2.24. The maximum Gasteiger partial charge on any atom is 0.227 e. The zero-order valence-corrected chi connectivity index (χ0v) is 29.7. The molecule has 0 radical (unpaired) electrons. The third kappa shape index (κ3) is 5.11. The Morgan fingerprint density at radius 2 is 1.04 bits per heavy atom. The van der Waals surface area contributed by atoms with E-state index in [4.69, 9.17) is 13.8 Å². The highest BCUT2D eigenvalue weighted by Crippen LogP contribution is 2.47. The smallest absolute Gasteiger partial charge is 0.227 e. The lowest BCUT2D eigenvalue weighted by Crippen LogP contribution is -2.12. The summed E-state index contributed by atoms with van der Waals surface area (Å²) in [7, 11) is 0. The molecule has 0 aliphatic heterocycles. The first-order valence-electron chi connectivity index (χ1n) is 18.5. The van der Waals surface area contributed by atoms with Gasteiger partial charge in [-0.2, -0.15) is 0 Å². The van der Waals surface area contributed by atoms with Gasteiger partial charge in [0, 0.05) is 33.0 Å². The van der Waals surface area contributed by atoms with Gasteiger partial charge >= 0.3 is 0 Å². The summed E-state index contributed by atoms with van der Waals surface area (Å²) in [5.74, 6) is 0.581. The average Bonchev–Trinajstić information content (AvgIpc) is 3.86. The molecule has 258 valence electrons. The molecule has 0 bridgehead atoms. The molecular formula is C51H32N2O2. The lowest BCUT2D eigenvalue weighted by molar-refractivity contribution is 0.619. The highest BCUT2D eigenvalue weighted by molar-refractivity contribution is 6.17. The van der Waals surface area contributed by atoms with E-state index in [0.29, 0.717) is 11.5 Å². The molecule has 0 amide bonds. The molecule has 11 aromatic rings. The van der Waals surface area contributed by atoms with Gasteiger partial charge in [-0.1, -0.05) is 146 Å². The van der Waals surface area contributed by atoms with Crippen molar-refractivity contribution in [1.82, 2.24) is 4.98 Å². The van der Waals surface area contributed by atoms with E-state index in [1.807, 2.05) is 48.5 Å². The minimum absolute atomic E-state index is 0.581. The Kier molecular flexibility index (Phi) is 7.14. The van der Waals surface area contributed by atoms with Crippen LogP contribution in [0.1, 0.15) is 0 Å². The summed E-state index contributed by atoms with van der Waals surface area (Å²) >= 11 is 0. The van der Waals surface area contributed by atoms with Gasteiger partial charge in [-0.25, -0.2) is 4.98 Å². The summed E-state index contributed by atoms with van der Waals surface area (Å²) in [4.78, 5) is 7.41. The van der Waals surface area contributed by atoms with Crippen LogP contribution in [0.4, 0.5) is 17.1 Å². The number of aromatic nitrogens is 1. The van der Waals surface area contributed by atoms with Crippen molar-refractivity contribution in [2.24, 2.45) is 0 Å². The van der Waals surface area contributed by atoms with Crippen LogP contribution in [-0.4, -0.2) is 4.98 Å². The Bertz CT molecular complexity index is 3200. The molecule has 55 heavy (non-hydrogen) atoms. The van der Waals surface area contributed by atoms with Crippen molar-refractivity contribution < 1.29 is 8.83 Å². The van der Waals surface area contributed by atoms with Crippen molar-refractivity contribution in [3.63, 3.8) is 0 Å². The fourth-order valence-electron chi connectivity index (χ4n) is 8.14. The first-order valence-corrected chi connectivity index (χ1v) is 18.5. The number of oxazole rings is 1. The Labute approximate surface area is 317 Å². The van der Waals surface area contributed by atoms with E-state index in [-0.39, 0.29) is 0 Å². The van der Waals surface area contributed by atoms with Crippen molar-refractivity contribution in [3.05, 3.63) is 194 Å². The molecule has 0 spiro atoms. The first-order chi connectivity index (χ1) is 27.3. The fraction of sp³-hybridized carbons (Fsp3) is 0. The van der Waals surface area contributed by atoms with Crippen LogP contribution in [0.15, 0.2) is 203 Å². The number of hydrogen-bond donors (Lipinski definition) is 0. The van der Waals surface area contributed by atoms with Crippen LogP contribution in [0.2, 0.25) is 0 Å². The second-order valence-electron chi connectivity index (χ2n) is 13.9. The first kappa shape index (κ1) is 31.1. The summed E-state index contributed by atoms with van der Waals surface area (Å²) in [6, 6.07) is 68.1. The molecule has 4 heteroatoms. The normalized spacial score (nSPS) is 11.6. The van der Waals surface area contributed by atoms with Crippen LogP contribution in [0, 0.1) is 0 Å². The number of rotatable bonds is 6. The van der Waals surface area contributed by atoms with Gasteiger partial charge in [0.2, 0.25) is 5.89 Å². The predicted octanol–water partition coefficient (Wildman–Crippen LogP) is 14.5. The number of anilines is 3. The van der Waals surface area contributed by atoms with Gasteiger partial charge in [0.15, 0.2) is 5.58 Å². The number of nitrogens with zero attached hydrogens (tertiary/aromatic N) is 2. The lowest BCUT2D eigenvalue weighted by Gasteiger charge is -2.29. The van der Waals surface area contributed by atoms with Gasteiger partial charge in [0.25, 0.3) is 0 Å². The molecule has 2 heterocycles. The maximum atomic E-state index is 6.63.